The van der Waals surface area contributed by atoms with Gasteiger partial charge in [0.05, 0.1) is 6.04 Å². The van der Waals surface area contributed by atoms with Gasteiger partial charge < -0.3 is 15.5 Å². The molecule has 0 saturated carbocycles. The molecular formula is C17H24ClN3O2. The van der Waals surface area contributed by atoms with Crippen LogP contribution in [0.3, 0.4) is 0 Å². The van der Waals surface area contributed by atoms with Gasteiger partial charge in [-0.05, 0) is 51.3 Å². The first-order valence-corrected chi connectivity index (χ1v) is 8.07. The zero-order chi connectivity index (χ0) is 15.5. The van der Waals surface area contributed by atoms with Crippen LogP contribution in [0.15, 0.2) is 24.3 Å². The maximum Gasteiger partial charge on any atom is 0.249 e. The number of piperidine rings is 1. The van der Waals surface area contributed by atoms with Crippen molar-refractivity contribution < 1.29 is 9.59 Å². The number of nitrogens with zero attached hydrogens (tertiary/aromatic N) is 1. The van der Waals surface area contributed by atoms with Crippen LogP contribution < -0.4 is 15.5 Å². The molecule has 23 heavy (non-hydrogen) atoms. The summed E-state index contributed by atoms with van der Waals surface area (Å²) in [6.45, 7) is 3.63. The zero-order valence-corrected chi connectivity index (χ0v) is 14.2. The minimum absolute atomic E-state index is 0. The van der Waals surface area contributed by atoms with Gasteiger partial charge in [-0.1, -0.05) is 17.7 Å². The lowest BCUT2D eigenvalue weighted by Gasteiger charge is -2.33. The third-order valence-corrected chi connectivity index (χ3v) is 4.48. The largest absolute Gasteiger partial charge is 0.343 e. The first kappa shape index (κ1) is 17.8. The van der Waals surface area contributed by atoms with Crippen molar-refractivity contribution in [3.8, 4) is 0 Å². The number of halogens is 1. The summed E-state index contributed by atoms with van der Waals surface area (Å²) in [6, 6.07) is 7.42. The highest BCUT2D eigenvalue weighted by Crippen LogP contribution is 2.21. The van der Waals surface area contributed by atoms with E-state index in [1.54, 1.807) is 4.90 Å². The Morgan fingerprint density at radius 1 is 1.22 bits per heavy atom. The normalized spacial score (nSPS) is 24.2. The van der Waals surface area contributed by atoms with Gasteiger partial charge in [-0.25, -0.2) is 0 Å². The molecule has 2 fully saturated rings. The molecule has 0 aromatic heterocycles. The van der Waals surface area contributed by atoms with Gasteiger partial charge in [-0.3, -0.25) is 9.59 Å². The Morgan fingerprint density at radius 2 is 1.96 bits per heavy atom. The Kier molecular flexibility index (Phi) is 6.02. The molecule has 5 nitrogen and oxygen atoms in total. The number of carbonyl (C=O) groups excluding carboxylic acids is 2. The standard InChI is InChI=1S/C17H23N3O2.ClH/c1-12-6-8-13(9-7-12)20-11-3-5-15(17(20)22)19-16(21)14-4-2-10-18-14;/h6-9,14-15,18H,2-5,10-11H2,1H3,(H,19,21);1H. The first-order chi connectivity index (χ1) is 10.6. The van der Waals surface area contributed by atoms with E-state index >= 15 is 0 Å². The van der Waals surface area contributed by atoms with Crippen LogP contribution in [0.25, 0.3) is 0 Å². The van der Waals surface area contributed by atoms with Crippen molar-refractivity contribution in [3.63, 3.8) is 0 Å². The molecule has 2 aliphatic heterocycles. The van der Waals surface area contributed by atoms with Gasteiger partial charge in [0.1, 0.15) is 6.04 Å². The van der Waals surface area contributed by atoms with E-state index < -0.39 is 6.04 Å². The van der Waals surface area contributed by atoms with Gasteiger partial charge in [-0.2, -0.15) is 0 Å². The smallest absolute Gasteiger partial charge is 0.249 e. The van der Waals surface area contributed by atoms with E-state index in [9.17, 15) is 9.59 Å². The van der Waals surface area contributed by atoms with Gasteiger partial charge >= 0.3 is 0 Å². The molecule has 2 amide bonds. The van der Waals surface area contributed by atoms with Gasteiger partial charge in [0, 0.05) is 12.2 Å². The molecule has 2 N–H and O–H groups in total. The van der Waals surface area contributed by atoms with Crippen LogP contribution in [0, 0.1) is 6.92 Å². The highest BCUT2D eigenvalue weighted by Gasteiger charge is 2.32. The molecule has 0 spiro atoms. The predicted molar refractivity (Wildman–Crippen MR) is 93.0 cm³/mol. The topological polar surface area (TPSA) is 61.4 Å². The quantitative estimate of drug-likeness (QED) is 0.884. The maximum absolute atomic E-state index is 12.7. The second-order valence-electron chi connectivity index (χ2n) is 6.18. The summed E-state index contributed by atoms with van der Waals surface area (Å²) < 4.78 is 0. The summed E-state index contributed by atoms with van der Waals surface area (Å²) >= 11 is 0. The van der Waals surface area contributed by atoms with Gasteiger partial charge in [0.15, 0.2) is 0 Å². The molecule has 3 rings (SSSR count). The van der Waals surface area contributed by atoms with Crippen molar-refractivity contribution in [1.82, 2.24) is 10.6 Å². The van der Waals surface area contributed by atoms with Crippen LogP contribution in [-0.2, 0) is 9.59 Å². The molecule has 6 heteroatoms. The monoisotopic (exact) mass is 337 g/mol. The molecular weight excluding hydrogens is 314 g/mol. The lowest BCUT2D eigenvalue weighted by molar-refractivity contribution is -0.129. The predicted octanol–water partition coefficient (Wildman–Crippen LogP) is 1.78. The van der Waals surface area contributed by atoms with Crippen LogP contribution >= 0.6 is 12.4 Å². The Balaban J connectivity index is 0.00000192. The van der Waals surface area contributed by atoms with E-state index in [1.807, 2.05) is 31.2 Å². The second kappa shape index (κ2) is 7.79. The van der Waals surface area contributed by atoms with E-state index in [0.29, 0.717) is 0 Å². The molecule has 0 bridgehead atoms. The zero-order valence-electron chi connectivity index (χ0n) is 13.4. The number of amides is 2. The summed E-state index contributed by atoms with van der Waals surface area (Å²) in [5.74, 6) is -0.0388. The van der Waals surface area contributed by atoms with Crippen LogP contribution in [0.1, 0.15) is 31.2 Å². The molecule has 0 radical (unpaired) electrons. The highest BCUT2D eigenvalue weighted by molar-refractivity contribution is 6.00. The average Bonchev–Trinajstić information content (AvgIpc) is 3.05. The maximum atomic E-state index is 12.7. The minimum atomic E-state index is -0.398. The van der Waals surface area contributed by atoms with Crippen LogP contribution in [0.5, 0.6) is 0 Å². The van der Waals surface area contributed by atoms with Crippen molar-refractivity contribution in [2.45, 2.75) is 44.7 Å². The Hall–Kier alpha value is -1.59. The molecule has 0 aliphatic carbocycles. The molecule has 2 aliphatic rings. The van der Waals surface area contributed by atoms with Crippen molar-refractivity contribution in [1.29, 1.82) is 0 Å². The van der Waals surface area contributed by atoms with E-state index in [-0.39, 0.29) is 30.3 Å². The number of hydrogen-bond acceptors (Lipinski definition) is 3. The number of carbonyl (C=O) groups is 2. The van der Waals surface area contributed by atoms with E-state index in [1.165, 1.54) is 5.56 Å². The minimum Gasteiger partial charge on any atom is -0.343 e. The number of nitrogens with one attached hydrogen (secondary N) is 2. The lowest BCUT2D eigenvalue weighted by atomic mass is 10.0. The summed E-state index contributed by atoms with van der Waals surface area (Å²) in [7, 11) is 0. The van der Waals surface area contributed by atoms with Crippen molar-refractivity contribution in [2.75, 3.05) is 18.0 Å². The van der Waals surface area contributed by atoms with E-state index in [2.05, 4.69) is 10.6 Å². The molecule has 2 saturated heterocycles. The Morgan fingerprint density at radius 3 is 2.61 bits per heavy atom. The highest BCUT2D eigenvalue weighted by atomic mass is 35.5. The summed E-state index contributed by atoms with van der Waals surface area (Å²) in [4.78, 5) is 26.6. The van der Waals surface area contributed by atoms with Gasteiger partial charge in [0.2, 0.25) is 11.8 Å². The van der Waals surface area contributed by atoms with Gasteiger partial charge in [0.25, 0.3) is 0 Å². The average molecular weight is 338 g/mol. The number of aryl methyl sites for hydroxylation is 1. The van der Waals surface area contributed by atoms with Crippen LogP contribution in [0.2, 0.25) is 0 Å². The summed E-state index contributed by atoms with van der Waals surface area (Å²) in [6.07, 6.45) is 3.50. The molecule has 1 aromatic rings. The Labute approximate surface area is 143 Å². The van der Waals surface area contributed by atoms with Crippen LogP contribution in [0.4, 0.5) is 5.69 Å². The number of hydrogen-bond donors (Lipinski definition) is 2. The molecule has 2 heterocycles. The third kappa shape index (κ3) is 4.03. The fourth-order valence-electron chi connectivity index (χ4n) is 3.17. The first-order valence-electron chi connectivity index (χ1n) is 8.07. The number of anilines is 1. The summed E-state index contributed by atoms with van der Waals surface area (Å²) in [5, 5.41) is 6.10. The van der Waals surface area contributed by atoms with E-state index in [0.717, 1.165) is 44.5 Å². The molecule has 2 atom stereocenters. The van der Waals surface area contributed by atoms with Crippen molar-refractivity contribution in [3.05, 3.63) is 29.8 Å². The molecule has 2 unspecified atom stereocenters. The molecule has 1 aromatic carbocycles. The fourth-order valence-corrected chi connectivity index (χ4v) is 3.17. The van der Waals surface area contributed by atoms with E-state index in [4.69, 9.17) is 0 Å². The second-order valence-corrected chi connectivity index (χ2v) is 6.18. The SMILES string of the molecule is Cc1ccc(N2CCCC(NC(=O)C3CCCN3)C2=O)cc1.Cl. The lowest BCUT2D eigenvalue weighted by Crippen LogP contribution is -2.55. The number of rotatable bonds is 3. The third-order valence-electron chi connectivity index (χ3n) is 4.48. The van der Waals surface area contributed by atoms with Crippen molar-refractivity contribution >= 4 is 29.9 Å². The summed E-state index contributed by atoms with van der Waals surface area (Å²) in [5.41, 5.74) is 2.08. The van der Waals surface area contributed by atoms with Gasteiger partial charge in [-0.15, -0.1) is 12.4 Å². The van der Waals surface area contributed by atoms with Crippen LogP contribution in [-0.4, -0.2) is 37.0 Å². The number of benzene rings is 1. The van der Waals surface area contributed by atoms with Crippen molar-refractivity contribution in [2.24, 2.45) is 0 Å². The Bertz CT molecular complexity index is 555. The fraction of sp³-hybridized carbons (Fsp3) is 0.529. The molecule has 126 valence electrons.